The summed E-state index contributed by atoms with van der Waals surface area (Å²) >= 11 is 0. The Balaban J connectivity index is 3.10. The van der Waals surface area contributed by atoms with E-state index in [4.69, 9.17) is 0 Å². The second-order valence-corrected chi connectivity index (χ2v) is 12.3. The van der Waals surface area contributed by atoms with Gasteiger partial charge in [-0.25, -0.2) is 0 Å². The molecule has 0 aliphatic rings. The van der Waals surface area contributed by atoms with Crippen LogP contribution in [0, 0.1) is 31.6 Å². The van der Waals surface area contributed by atoms with Crippen LogP contribution in [-0.2, 0) is 0 Å². The summed E-state index contributed by atoms with van der Waals surface area (Å²) in [5, 5.41) is 33.2. The van der Waals surface area contributed by atoms with Crippen LogP contribution in [0.2, 0.25) is 0 Å². The van der Waals surface area contributed by atoms with Crippen molar-refractivity contribution in [1.82, 2.24) is 4.67 Å². The van der Waals surface area contributed by atoms with Gasteiger partial charge in [-0.3, -0.25) is 0 Å². The van der Waals surface area contributed by atoms with E-state index in [1.807, 2.05) is 6.07 Å². The van der Waals surface area contributed by atoms with E-state index in [2.05, 4.69) is 0 Å². The number of nitro benzene ring substituents is 2. The molecule has 0 heterocycles. The normalized spacial score (nSPS) is 13.2. The monoisotopic (exact) mass is 476 g/mol. The third-order valence-electron chi connectivity index (χ3n) is 5.60. The Bertz CT molecular complexity index is 1020. The average molecular weight is 476 g/mol. The first kappa shape index (κ1) is 26.3. The first-order chi connectivity index (χ1) is 15.4. The third-order valence-corrected chi connectivity index (χ3v) is 10.2. The van der Waals surface area contributed by atoms with E-state index >= 15 is 0 Å². The topological polar surface area (TPSA) is 154 Å². The molecule has 2 rings (SSSR count). The van der Waals surface area contributed by atoms with Gasteiger partial charge in [0.05, 0.1) is 0 Å². The van der Waals surface area contributed by atoms with Crippen LogP contribution in [0.1, 0.15) is 50.9 Å². The summed E-state index contributed by atoms with van der Waals surface area (Å²) in [5.74, 6) is 0. The van der Waals surface area contributed by atoms with Crippen LogP contribution in [0.4, 0.5) is 11.4 Å². The van der Waals surface area contributed by atoms with Crippen molar-refractivity contribution in [3.8, 4) is 6.07 Å². The summed E-state index contributed by atoms with van der Waals surface area (Å²) in [6, 6.07) is 12.2. The summed E-state index contributed by atoms with van der Waals surface area (Å²) in [7, 11) is -5.31. The predicted octanol–water partition coefficient (Wildman–Crippen LogP) is 4.91. The SMILES string of the molecule is CC(C)N(C(C)C)P(O)(O)(CCC#N)C(c1ccccc1[N+](=O)[O-])c1ccccc1[N+](=O)[O-]. The Hall–Kier alpha value is -2.96. The molecule has 0 aromatic heterocycles. The van der Waals surface area contributed by atoms with Gasteiger partial charge in [-0.2, -0.15) is 0 Å². The molecule has 2 N–H and O–H groups in total. The van der Waals surface area contributed by atoms with Crippen molar-refractivity contribution in [2.75, 3.05) is 6.16 Å². The molecule has 0 saturated heterocycles. The van der Waals surface area contributed by atoms with E-state index in [0.29, 0.717) is 0 Å². The maximum atomic E-state index is 12.4. The van der Waals surface area contributed by atoms with Gasteiger partial charge in [0.25, 0.3) is 0 Å². The van der Waals surface area contributed by atoms with Crippen molar-refractivity contribution in [2.24, 2.45) is 0 Å². The van der Waals surface area contributed by atoms with Gasteiger partial charge in [0.2, 0.25) is 0 Å². The molecule has 11 heteroatoms. The predicted molar refractivity (Wildman–Crippen MR) is 127 cm³/mol. The van der Waals surface area contributed by atoms with E-state index in [0.717, 1.165) is 0 Å². The molecule has 0 bridgehead atoms. The van der Waals surface area contributed by atoms with Gasteiger partial charge in [0, 0.05) is 0 Å². The molecule has 2 aromatic rings. The van der Waals surface area contributed by atoms with Gasteiger partial charge in [0.1, 0.15) is 0 Å². The number of nitro groups is 2. The summed E-state index contributed by atoms with van der Waals surface area (Å²) in [5.41, 5.74) is -2.39. The molecule has 33 heavy (non-hydrogen) atoms. The van der Waals surface area contributed by atoms with Gasteiger partial charge in [-0.1, -0.05) is 0 Å². The number of nitrogens with zero attached hydrogens (tertiary/aromatic N) is 4. The number of hydrogen-bond acceptors (Lipinski definition) is 8. The molecule has 0 spiro atoms. The molecule has 0 aliphatic carbocycles. The molecule has 10 nitrogen and oxygen atoms in total. The van der Waals surface area contributed by atoms with E-state index in [-0.39, 0.29) is 28.9 Å². The van der Waals surface area contributed by atoms with Crippen LogP contribution < -0.4 is 0 Å². The van der Waals surface area contributed by atoms with Crippen LogP contribution in [0.3, 0.4) is 0 Å². The molecule has 0 unspecified atom stereocenters. The summed E-state index contributed by atoms with van der Waals surface area (Å²) in [6.45, 7) is 6.98. The summed E-state index contributed by atoms with van der Waals surface area (Å²) in [4.78, 5) is 47.3. The van der Waals surface area contributed by atoms with Crippen molar-refractivity contribution in [3.63, 3.8) is 0 Å². The summed E-state index contributed by atoms with van der Waals surface area (Å²) < 4.78 is 1.47. The second kappa shape index (κ2) is 9.89. The third kappa shape index (κ3) is 5.02. The fraction of sp³-hybridized carbons (Fsp3) is 0.409. The summed E-state index contributed by atoms with van der Waals surface area (Å²) in [6.07, 6.45) is -0.653. The molecule has 0 saturated carbocycles. The van der Waals surface area contributed by atoms with E-state index in [1.54, 1.807) is 27.7 Å². The standard InChI is InChI=1S/C22H29N4O6P/c1-16(2)24(17(3)4)33(31,32,15-9-14-23)22(18-10-5-7-12-20(18)25(27)28)19-11-6-8-13-21(19)26(29)30/h5-8,10-13,16-17,22,31-32H,9,15H2,1-4H3. The van der Waals surface area contributed by atoms with Crippen LogP contribution in [0.5, 0.6) is 0 Å². The molecule has 0 fully saturated rings. The van der Waals surface area contributed by atoms with Crippen LogP contribution in [0.15, 0.2) is 48.5 Å². The first-order valence-corrected chi connectivity index (χ1v) is 12.8. The Kier molecular flexibility index (Phi) is 7.88. The number of nitriles is 1. The second-order valence-electron chi connectivity index (χ2n) is 8.46. The van der Waals surface area contributed by atoms with E-state index in [1.165, 1.54) is 53.2 Å². The van der Waals surface area contributed by atoms with Crippen molar-refractivity contribution in [2.45, 2.75) is 51.9 Å². The van der Waals surface area contributed by atoms with Crippen LogP contribution >= 0.6 is 7.21 Å². The van der Waals surface area contributed by atoms with Gasteiger partial charge in [0.15, 0.2) is 0 Å². The van der Waals surface area contributed by atoms with E-state index < -0.39 is 41.0 Å². The molecular weight excluding hydrogens is 447 g/mol. The van der Waals surface area contributed by atoms with Gasteiger partial charge < -0.3 is 0 Å². The Morgan fingerprint density at radius 3 is 1.64 bits per heavy atom. The minimum absolute atomic E-state index is 0.0521. The molecular formula is C22H29N4O6P. The van der Waals surface area contributed by atoms with Gasteiger partial charge >= 0.3 is 192 Å². The number of para-hydroxylation sites is 2. The molecule has 0 amide bonds. The Labute approximate surface area is 192 Å². The van der Waals surface area contributed by atoms with E-state index in [9.17, 15) is 35.3 Å². The maximum absolute atomic E-state index is 12.4. The van der Waals surface area contributed by atoms with Crippen molar-refractivity contribution in [3.05, 3.63) is 79.9 Å². The van der Waals surface area contributed by atoms with Crippen LogP contribution in [0.25, 0.3) is 0 Å². The Morgan fingerprint density at radius 2 is 1.30 bits per heavy atom. The molecule has 0 atom stereocenters. The zero-order valence-corrected chi connectivity index (χ0v) is 19.9. The minimum atomic E-state index is -5.31. The molecule has 2 aromatic carbocycles. The zero-order valence-electron chi connectivity index (χ0n) is 19.0. The quantitative estimate of drug-likeness (QED) is 0.279. The fourth-order valence-corrected chi connectivity index (χ4v) is 9.63. The van der Waals surface area contributed by atoms with Gasteiger partial charge in [-0.05, 0) is 0 Å². The molecule has 0 aliphatic heterocycles. The fourth-order valence-electron chi connectivity index (χ4n) is 4.75. The van der Waals surface area contributed by atoms with Crippen molar-refractivity contribution in [1.29, 1.82) is 5.26 Å². The number of benzene rings is 2. The molecule has 0 radical (unpaired) electrons. The number of rotatable bonds is 10. The Morgan fingerprint density at radius 1 is 0.909 bits per heavy atom. The molecule has 178 valence electrons. The number of hydrogen-bond donors (Lipinski definition) is 2. The average Bonchev–Trinajstić information content (AvgIpc) is 2.72. The first-order valence-electron chi connectivity index (χ1n) is 10.5. The van der Waals surface area contributed by atoms with Crippen LogP contribution in [-0.4, -0.2) is 42.5 Å². The van der Waals surface area contributed by atoms with Crippen molar-refractivity contribution < 1.29 is 19.6 Å². The zero-order chi connectivity index (χ0) is 25.0. The van der Waals surface area contributed by atoms with Crippen molar-refractivity contribution >= 4 is 18.6 Å². The van der Waals surface area contributed by atoms with Gasteiger partial charge in [-0.15, -0.1) is 0 Å².